The van der Waals surface area contributed by atoms with Gasteiger partial charge in [0.05, 0.1) is 6.10 Å². The van der Waals surface area contributed by atoms with E-state index in [1.54, 1.807) is 0 Å². The Morgan fingerprint density at radius 2 is 1.61 bits per heavy atom. The van der Waals surface area contributed by atoms with Crippen LogP contribution in [0.25, 0.3) is 0 Å². The first-order valence-electron chi connectivity index (χ1n) is 7.06. The van der Waals surface area contributed by atoms with E-state index >= 15 is 0 Å². The van der Waals surface area contributed by atoms with Crippen LogP contribution in [0, 0.1) is 26.7 Å². The number of hydrogen-bond donors (Lipinski definition) is 2. The third kappa shape index (κ3) is 3.26. The Labute approximate surface area is 110 Å². The minimum Gasteiger partial charge on any atom is -0.393 e. The Morgan fingerprint density at radius 3 is 2.28 bits per heavy atom. The maximum Gasteiger partial charge on any atom is 0.0540 e. The van der Waals surface area contributed by atoms with Crippen LogP contribution < -0.4 is 5.32 Å². The second-order valence-electron chi connectivity index (χ2n) is 5.81. The topological polar surface area (TPSA) is 32.3 Å². The number of benzene rings is 1. The zero-order chi connectivity index (χ0) is 13.1. The lowest BCUT2D eigenvalue weighted by molar-refractivity contribution is 0.111. The average molecular weight is 247 g/mol. The highest BCUT2D eigenvalue weighted by atomic mass is 16.3. The van der Waals surface area contributed by atoms with Gasteiger partial charge in [0.1, 0.15) is 0 Å². The van der Waals surface area contributed by atoms with E-state index in [4.69, 9.17) is 0 Å². The van der Waals surface area contributed by atoms with Gasteiger partial charge in [-0.25, -0.2) is 0 Å². The van der Waals surface area contributed by atoms with Gasteiger partial charge in [0.15, 0.2) is 0 Å². The van der Waals surface area contributed by atoms with Crippen molar-refractivity contribution >= 4 is 5.69 Å². The molecule has 2 heteroatoms. The van der Waals surface area contributed by atoms with Crippen LogP contribution in [0.5, 0.6) is 0 Å². The molecule has 0 amide bonds. The maximum atomic E-state index is 9.50. The highest BCUT2D eigenvalue weighted by Gasteiger charge is 2.19. The molecule has 1 saturated carbocycles. The first-order valence-corrected chi connectivity index (χ1v) is 7.06. The number of anilines is 1. The zero-order valence-electron chi connectivity index (χ0n) is 11.8. The van der Waals surface area contributed by atoms with Crippen LogP contribution in [0.3, 0.4) is 0 Å². The van der Waals surface area contributed by atoms with Crippen LogP contribution >= 0.6 is 0 Å². The van der Waals surface area contributed by atoms with E-state index in [-0.39, 0.29) is 6.10 Å². The molecule has 18 heavy (non-hydrogen) atoms. The molecule has 2 rings (SSSR count). The lowest BCUT2D eigenvalue weighted by Crippen LogP contribution is -2.23. The molecule has 0 atom stereocenters. The predicted molar refractivity (Wildman–Crippen MR) is 77.1 cm³/mol. The van der Waals surface area contributed by atoms with Crippen molar-refractivity contribution in [3.05, 3.63) is 28.8 Å². The quantitative estimate of drug-likeness (QED) is 0.855. The van der Waals surface area contributed by atoms with E-state index in [9.17, 15) is 5.11 Å². The van der Waals surface area contributed by atoms with Gasteiger partial charge in [0.2, 0.25) is 0 Å². The van der Waals surface area contributed by atoms with E-state index < -0.39 is 0 Å². The van der Waals surface area contributed by atoms with Gasteiger partial charge < -0.3 is 10.4 Å². The van der Waals surface area contributed by atoms with Crippen LogP contribution in [0.15, 0.2) is 12.1 Å². The second kappa shape index (κ2) is 5.75. The van der Waals surface area contributed by atoms with Crippen molar-refractivity contribution in [3.8, 4) is 0 Å². The summed E-state index contributed by atoms with van der Waals surface area (Å²) in [6.07, 6.45) is 4.19. The average Bonchev–Trinajstić information content (AvgIpc) is 2.34. The molecule has 0 unspecified atom stereocenters. The zero-order valence-corrected chi connectivity index (χ0v) is 11.8. The van der Waals surface area contributed by atoms with Crippen molar-refractivity contribution in [2.45, 2.75) is 52.6 Å². The Hall–Kier alpha value is -1.02. The molecule has 0 bridgehead atoms. The number of rotatable bonds is 3. The Balaban J connectivity index is 1.92. The van der Waals surface area contributed by atoms with Crippen LogP contribution in [-0.4, -0.2) is 17.8 Å². The van der Waals surface area contributed by atoms with Crippen molar-refractivity contribution in [2.24, 2.45) is 5.92 Å². The molecule has 2 nitrogen and oxygen atoms in total. The molecule has 1 aromatic carbocycles. The minimum absolute atomic E-state index is 0.0513. The predicted octanol–water partition coefficient (Wildman–Crippen LogP) is 3.57. The number of aliphatic hydroxyl groups is 1. The van der Waals surface area contributed by atoms with Gasteiger partial charge >= 0.3 is 0 Å². The van der Waals surface area contributed by atoms with Gasteiger partial charge in [-0.3, -0.25) is 0 Å². The number of hydrogen-bond acceptors (Lipinski definition) is 2. The van der Waals surface area contributed by atoms with E-state index in [1.165, 1.54) is 22.4 Å². The monoisotopic (exact) mass is 247 g/mol. The molecular formula is C16H25NO. The summed E-state index contributed by atoms with van der Waals surface area (Å²) in [6.45, 7) is 7.53. The summed E-state index contributed by atoms with van der Waals surface area (Å²) >= 11 is 0. The van der Waals surface area contributed by atoms with Crippen LogP contribution in [-0.2, 0) is 0 Å². The summed E-state index contributed by atoms with van der Waals surface area (Å²) in [4.78, 5) is 0. The third-order valence-electron chi connectivity index (χ3n) is 4.24. The summed E-state index contributed by atoms with van der Waals surface area (Å²) in [5.74, 6) is 0.717. The molecule has 100 valence electrons. The third-order valence-corrected chi connectivity index (χ3v) is 4.24. The summed E-state index contributed by atoms with van der Waals surface area (Å²) in [7, 11) is 0. The molecule has 0 aromatic heterocycles. The van der Waals surface area contributed by atoms with E-state index in [1.807, 2.05) is 0 Å². The lowest BCUT2D eigenvalue weighted by Gasteiger charge is -2.26. The maximum absolute atomic E-state index is 9.50. The second-order valence-corrected chi connectivity index (χ2v) is 5.81. The number of aryl methyl sites for hydroxylation is 3. The van der Waals surface area contributed by atoms with Crippen molar-refractivity contribution in [1.29, 1.82) is 0 Å². The number of aliphatic hydroxyl groups excluding tert-OH is 1. The summed E-state index contributed by atoms with van der Waals surface area (Å²) in [6, 6.07) is 4.50. The van der Waals surface area contributed by atoms with Crippen LogP contribution in [0.2, 0.25) is 0 Å². The molecule has 1 aliphatic rings. The van der Waals surface area contributed by atoms with Crippen molar-refractivity contribution in [2.75, 3.05) is 11.9 Å². The minimum atomic E-state index is -0.0513. The normalized spacial score (nSPS) is 24.0. The molecule has 1 aromatic rings. The van der Waals surface area contributed by atoms with Gasteiger partial charge in [-0.1, -0.05) is 6.07 Å². The molecule has 1 fully saturated rings. The fourth-order valence-electron chi connectivity index (χ4n) is 2.75. The lowest BCUT2D eigenvalue weighted by atomic mass is 9.87. The van der Waals surface area contributed by atoms with Gasteiger partial charge in [0, 0.05) is 12.2 Å². The highest BCUT2D eigenvalue weighted by molar-refractivity contribution is 5.54. The molecule has 0 aliphatic heterocycles. The molecule has 0 heterocycles. The molecule has 1 aliphatic carbocycles. The first-order chi connectivity index (χ1) is 8.56. The summed E-state index contributed by atoms with van der Waals surface area (Å²) in [5, 5.41) is 13.1. The fourth-order valence-corrected chi connectivity index (χ4v) is 2.75. The van der Waals surface area contributed by atoms with Gasteiger partial charge in [-0.2, -0.15) is 0 Å². The van der Waals surface area contributed by atoms with Gasteiger partial charge in [-0.05, 0) is 75.1 Å². The standard InChI is InChI=1S/C16H25NO/c1-11-8-13(3)16(9-12(11)2)17-10-14-4-6-15(18)7-5-14/h8-9,14-15,17-18H,4-7,10H2,1-3H3. The highest BCUT2D eigenvalue weighted by Crippen LogP contribution is 2.26. The van der Waals surface area contributed by atoms with Gasteiger partial charge in [-0.15, -0.1) is 0 Å². The van der Waals surface area contributed by atoms with E-state index in [0.717, 1.165) is 38.1 Å². The van der Waals surface area contributed by atoms with E-state index in [2.05, 4.69) is 38.2 Å². The largest absolute Gasteiger partial charge is 0.393 e. The Kier molecular flexibility index (Phi) is 4.28. The molecular weight excluding hydrogens is 222 g/mol. The SMILES string of the molecule is Cc1cc(C)c(NCC2CCC(O)CC2)cc1C. The smallest absolute Gasteiger partial charge is 0.0540 e. The molecule has 0 spiro atoms. The Bertz CT molecular complexity index is 406. The summed E-state index contributed by atoms with van der Waals surface area (Å²) < 4.78 is 0. The fraction of sp³-hybridized carbons (Fsp3) is 0.625. The summed E-state index contributed by atoms with van der Waals surface area (Å²) in [5.41, 5.74) is 5.30. The van der Waals surface area contributed by atoms with Crippen LogP contribution in [0.1, 0.15) is 42.4 Å². The van der Waals surface area contributed by atoms with Crippen molar-refractivity contribution < 1.29 is 5.11 Å². The van der Waals surface area contributed by atoms with Crippen molar-refractivity contribution in [1.82, 2.24) is 0 Å². The molecule has 2 N–H and O–H groups in total. The first kappa shape index (κ1) is 13.4. The molecule has 0 radical (unpaired) electrons. The Morgan fingerprint density at radius 1 is 1.00 bits per heavy atom. The molecule has 0 saturated heterocycles. The van der Waals surface area contributed by atoms with E-state index in [0.29, 0.717) is 0 Å². The van der Waals surface area contributed by atoms with Gasteiger partial charge in [0.25, 0.3) is 0 Å². The number of nitrogens with one attached hydrogen (secondary N) is 1. The van der Waals surface area contributed by atoms with Crippen molar-refractivity contribution in [3.63, 3.8) is 0 Å². The van der Waals surface area contributed by atoms with Crippen LogP contribution in [0.4, 0.5) is 5.69 Å².